The lowest BCUT2D eigenvalue weighted by molar-refractivity contribution is -0.0788. The average molecular weight is 380 g/mol. The van der Waals surface area contributed by atoms with Gasteiger partial charge >= 0.3 is 0 Å². The highest BCUT2D eigenvalue weighted by molar-refractivity contribution is 5.85. The Bertz CT molecular complexity index is 1110. The molecule has 0 fully saturated rings. The Kier molecular flexibility index (Phi) is 3.50. The molecule has 2 aliphatic heterocycles. The van der Waals surface area contributed by atoms with Crippen molar-refractivity contribution >= 4 is 22.9 Å². The number of rotatable bonds is 1. The van der Waals surface area contributed by atoms with E-state index in [4.69, 9.17) is 9.47 Å². The third-order valence-electron chi connectivity index (χ3n) is 6.47. The summed E-state index contributed by atoms with van der Waals surface area (Å²) in [5.74, 6) is 2.39. The Balaban J connectivity index is 1.33. The van der Waals surface area contributed by atoms with Crippen molar-refractivity contribution in [2.24, 2.45) is 11.8 Å². The van der Waals surface area contributed by atoms with Gasteiger partial charge in [-0.25, -0.2) is 0 Å². The van der Waals surface area contributed by atoms with Crippen LogP contribution in [0, 0.1) is 11.8 Å². The monoisotopic (exact) mass is 380 g/mol. The van der Waals surface area contributed by atoms with Gasteiger partial charge in [0, 0.05) is 11.1 Å². The fourth-order valence-corrected chi connectivity index (χ4v) is 4.83. The van der Waals surface area contributed by atoms with E-state index in [9.17, 15) is 0 Å². The van der Waals surface area contributed by atoms with E-state index in [-0.39, 0.29) is 0 Å². The Hall–Kier alpha value is -3.00. The normalized spacial score (nSPS) is 23.6. The zero-order valence-electron chi connectivity index (χ0n) is 16.8. The van der Waals surface area contributed by atoms with Gasteiger partial charge in [0.1, 0.15) is 11.5 Å². The zero-order chi connectivity index (χ0) is 19.6. The number of benzene rings is 3. The third-order valence-corrected chi connectivity index (χ3v) is 6.47. The van der Waals surface area contributed by atoms with Gasteiger partial charge in [-0.1, -0.05) is 62.4 Å². The Morgan fingerprint density at radius 1 is 0.793 bits per heavy atom. The van der Waals surface area contributed by atoms with E-state index >= 15 is 0 Å². The standard InChI is InChI=1S/C27H24O2/c1-17(2)18-7-9-21-12-24-16-27(29-26(24)14-22(21)10-8-18)15-23-11-19-5-3-4-6-20(19)13-25(23)28-27/h3-14,17-18H,15-16H2,1-2H3/t18-,27?/m1/s1. The highest BCUT2D eigenvalue weighted by Crippen LogP contribution is 2.46. The predicted octanol–water partition coefficient (Wildman–Crippen LogP) is 6.42. The number of hydrogen-bond acceptors (Lipinski definition) is 2. The van der Waals surface area contributed by atoms with Gasteiger partial charge in [-0.15, -0.1) is 0 Å². The van der Waals surface area contributed by atoms with Crippen LogP contribution in [0.4, 0.5) is 0 Å². The summed E-state index contributed by atoms with van der Waals surface area (Å²) in [5.41, 5.74) is 4.96. The molecule has 1 aliphatic carbocycles. The number of hydrogen-bond donors (Lipinski definition) is 0. The van der Waals surface area contributed by atoms with Crippen molar-refractivity contribution in [3.8, 4) is 11.5 Å². The van der Waals surface area contributed by atoms with Crippen molar-refractivity contribution in [2.75, 3.05) is 0 Å². The van der Waals surface area contributed by atoms with E-state index in [0.717, 1.165) is 24.3 Å². The topological polar surface area (TPSA) is 18.5 Å². The van der Waals surface area contributed by atoms with E-state index in [1.807, 2.05) is 0 Å². The molecule has 1 spiro atoms. The summed E-state index contributed by atoms with van der Waals surface area (Å²) in [6, 6.07) is 17.3. The quantitative estimate of drug-likeness (QED) is 0.485. The van der Waals surface area contributed by atoms with Gasteiger partial charge in [-0.3, -0.25) is 0 Å². The van der Waals surface area contributed by atoms with E-state index in [0.29, 0.717) is 11.8 Å². The minimum absolute atomic E-state index is 0.478. The van der Waals surface area contributed by atoms with Crippen LogP contribution in [0.25, 0.3) is 22.9 Å². The Morgan fingerprint density at radius 2 is 1.38 bits per heavy atom. The minimum Gasteiger partial charge on any atom is -0.451 e. The van der Waals surface area contributed by atoms with Crippen LogP contribution in [0.5, 0.6) is 11.5 Å². The van der Waals surface area contributed by atoms with Crippen molar-refractivity contribution in [3.05, 3.63) is 82.9 Å². The van der Waals surface area contributed by atoms with Gasteiger partial charge in [0.25, 0.3) is 5.79 Å². The Labute approximate surface area is 171 Å². The molecule has 144 valence electrons. The fourth-order valence-electron chi connectivity index (χ4n) is 4.83. The second kappa shape index (κ2) is 6.00. The third kappa shape index (κ3) is 2.70. The van der Waals surface area contributed by atoms with Crippen LogP contribution < -0.4 is 9.47 Å². The molecular weight excluding hydrogens is 356 g/mol. The molecule has 3 aromatic rings. The molecule has 0 N–H and O–H groups in total. The van der Waals surface area contributed by atoms with Crippen LogP contribution in [0.3, 0.4) is 0 Å². The molecule has 3 aliphatic rings. The molecule has 2 heterocycles. The molecule has 0 saturated heterocycles. The first kappa shape index (κ1) is 16.9. The summed E-state index contributed by atoms with van der Waals surface area (Å²) in [6.07, 6.45) is 10.7. The number of fused-ring (bicyclic) bond motifs is 4. The molecule has 0 amide bonds. The van der Waals surface area contributed by atoms with E-state index < -0.39 is 5.79 Å². The van der Waals surface area contributed by atoms with Crippen molar-refractivity contribution < 1.29 is 9.47 Å². The maximum Gasteiger partial charge on any atom is 0.259 e. The zero-order valence-corrected chi connectivity index (χ0v) is 16.8. The molecule has 3 aromatic carbocycles. The van der Waals surface area contributed by atoms with Crippen LogP contribution in [-0.2, 0) is 12.8 Å². The van der Waals surface area contributed by atoms with Crippen LogP contribution in [0.1, 0.15) is 36.1 Å². The SMILES string of the molecule is CC(C)[C@@H]1C=Cc2cc3c(cc2C=C1)OC1(C3)Cc2cc3ccccc3cc2O1. The summed E-state index contributed by atoms with van der Waals surface area (Å²) in [7, 11) is 0. The minimum atomic E-state index is -0.601. The summed E-state index contributed by atoms with van der Waals surface area (Å²) in [5, 5.41) is 2.46. The largest absolute Gasteiger partial charge is 0.451 e. The van der Waals surface area contributed by atoms with E-state index in [2.05, 4.69) is 86.7 Å². The van der Waals surface area contributed by atoms with E-state index in [1.54, 1.807) is 0 Å². The highest BCUT2D eigenvalue weighted by Gasteiger charge is 2.47. The van der Waals surface area contributed by atoms with Crippen molar-refractivity contribution in [3.63, 3.8) is 0 Å². The second-order valence-corrected chi connectivity index (χ2v) is 8.90. The van der Waals surface area contributed by atoms with E-state index in [1.165, 1.54) is 33.0 Å². The lowest BCUT2D eigenvalue weighted by atomic mass is 9.95. The molecule has 0 bridgehead atoms. The molecule has 1 unspecified atom stereocenters. The Morgan fingerprint density at radius 3 is 2.07 bits per heavy atom. The molecule has 0 saturated carbocycles. The van der Waals surface area contributed by atoms with Gasteiger partial charge in [0.05, 0.1) is 12.8 Å². The highest BCUT2D eigenvalue weighted by atomic mass is 16.7. The van der Waals surface area contributed by atoms with Crippen LogP contribution in [0.15, 0.2) is 60.7 Å². The number of ether oxygens (including phenoxy) is 2. The summed E-state index contributed by atoms with van der Waals surface area (Å²) in [4.78, 5) is 0. The first-order valence-corrected chi connectivity index (χ1v) is 10.5. The smallest absolute Gasteiger partial charge is 0.259 e. The van der Waals surface area contributed by atoms with Gasteiger partial charge in [0.2, 0.25) is 0 Å². The molecule has 29 heavy (non-hydrogen) atoms. The molecule has 2 nitrogen and oxygen atoms in total. The van der Waals surface area contributed by atoms with Crippen LogP contribution in [0.2, 0.25) is 0 Å². The molecule has 6 rings (SSSR count). The summed E-state index contributed by atoms with van der Waals surface area (Å²) >= 11 is 0. The maximum atomic E-state index is 6.47. The number of allylic oxidation sites excluding steroid dienone is 2. The average Bonchev–Trinajstić information content (AvgIpc) is 3.13. The summed E-state index contributed by atoms with van der Waals surface area (Å²) < 4.78 is 12.9. The molecule has 0 radical (unpaired) electrons. The first-order chi connectivity index (χ1) is 14.1. The molecule has 2 heteroatoms. The van der Waals surface area contributed by atoms with Crippen molar-refractivity contribution in [2.45, 2.75) is 32.5 Å². The van der Waals surface area contributed by atoms with Gasteiger partial charge in [-0.05, 0) is 58.0 Å². The lowest BCUT2D eigenvalue weighted by Crippen LogP contribution is -2.39. The van der Waals surface area contributed by atoms with Crippen LogP contribution in [-0.4, -0.2) is 5.79 Å². The van der Waals surface area contributed by atoms with Crippen molar-refractivity contribution in [1.29, 1.82) is 0 Å². The van der Waals surface area contributed by atoms with Gasteiger partial charge in [0.15, 0.2) is 0 Å². The molecule has 2 atom stereocenters. The fraction of sp³-hybridized carbons (Fsp3) is 0.259. The van der Waals surface area contributed by atoms with Crippen molar-refractivity contribution in [1.82, 2.24) is 0 Å². The molecule has 0 aromatic heterocycles. The molecular formula is C27H24O2. The second-order valence-electron chi connectivity index (χ2n) is 8.90. The lowest BCUT2D eigenvalue weighted by Gasteiger charge is -2.22. The van der Waals surface area contributed by atoms with Gasteiger partial charge < -0.3 is 9.47 Å². The van der Waals surface area contributed by atoms with Crippen LogP contribution >= 0.6 is 0 Å². The summed E-state index contributed by atoms with van der Waals surface area (Å²) in [6.45, 7) is 4.53. The first-order valence-electron chi connectivity index (χ1n) is 10.5. The van der Waals surface area contributed by atoms with Gasteiger partial charge in [-0.2, -0.15) is 0 Å². The maximum absolute atomic E-state index is 6.47. The predicted molar refractivity (Wildman–Crippen MR) is 118 cm³/mol.